The molecule has 0 aliphatic heterocycles. The van der Waals surface area contributed by atoms with Gasteiger partial charge in [0.1, 0.15) is 34.5 Å². The Hall–Kier alpha value is -3.24. The fraction of sp³-hybridized carbons (Fsp3) is 0.625. The van der Waals surface area contributed by atoms with Gasteiger partial charge in [0.25, 0.3) is 5.91 Å². The zero-order valence-electron chi connectivity index (χ0n) is 21.9. The minimum atomic E-state index is -2.14. The van der Waals surface area contributed by atoms with Gasteiger partial charge in [-0.25, -0.2) is 14.0 Å². The van der Waals surface area contributed by atoms with E-state index in [2.05, 4.69) is 10.6 Å². The highest BCUT2D eigenvalue weighted by molar-refractivity contribution is 5.85. The van der Waals surface area contributed by atoms with Gasteiger partial charge in [0.2, 0.25) is 0 Å². The van der Waals surface area contributed by atoms with Gasteiger partial charge in [0, 0.05) is 18.6 Å². The summed E-state index contributed by atoms with van der Waals surface area (Å²) in [5, 5.41) is 4.75. The van der Waals surface area contributed by atoms with Crippen LogP contribution in [0.3, 0.4) is 0 Å². The molecule has 2 amide bonds. The number of alkyl carbamates (subject to hydrolysis) is 1. The van der Waals surface area contributed by atoms with Crippen LogP contribution >= 0.6 is 0 Å². The van der Waals surface area contributed by atoms with Crippen molar-refractivity contribution >= 4 is 18.0 Å². The lowest BCUT2D eigenvalue weighted by Gasteiger charge is -2.26. The summed E-state index contributed by atoms with van der Waals surface area (Å²) in [6.07, 6.45) is -3.73. The van der Waals surface area contributed by atoms with Crippen molar-refractivity contribution in [2.45, 2.75) is 77.9 Å². The van der Waals surface area contributed by atoms with Crippen LogP contribution in [0.4, 0.5) is 9.18 Å². The van der Waals surface area contributed by atoms with E-state index in [9.17, 15) is 18.8 Å². The summed E-state index contributed by atoms with van der Waals surface area (Å²) in [7, 11) is 4.35. The fourth-order valence-corrected chi connectivity index (χ4v) is 2.89. The lowest BCUT2D eigenvalue weighted by molar-refractivity contribution is -0.158. The predicted octanol–water partition coefficient (Wildman–Crippen LogP) is 3.29. The number of hydrogen-bond donors (Lipinski definition) is 2. The van der Waals surface area contributed by atoms with Crippen molar-refractivity contribution in [2.75, 3.05) is 21.3 Å². The van der Waals surface area contributed by atoms with E-state index in [0.717, 1.165) is 0 Å². The summed E-state index contributed by atoms with van der Waals surface area (Å²) in [4.78, 5) is 37.3. The Labute approximate surface area is 205 Å². The number of hydrogen-bond acceptors (Lipinski definition) is 8. The van der Waals surface area contributed by atoms with Gasteiger partial charge in [-0.15, -0.1) is 0 Å². The molecule has 1 aromatic carbocycles. The van der Waals surface area contributed by atoms with Crippen LogP contribution in [-0.4, -0.2) is 62.7 Å². The number of carbonyl (C=O) groups is 3. The summed E-state index contributed by atoms with van der Waals surface area (Å²) >= 11 is 0. The molecule has 0 heterocycles. The molecule has 0 bridgehead atoms. The van der Waals surface area contributed by atoms with Crippen LogP contribution in [0.15, 0.2) is 12.1 Å². The standard InChI is InChI=1S/C24H37FN2O8/c1-23(2,3)34-21(29)17(27-22(30)35-24(4,5)6)12-16(25)20(28)26-13-15-18(32-8)10-14(31-7)11-19(15)33-9/h10-11,16-17H,12-13H2,1-9H3,(H,26,28)(H,27,30)/t16-,17+/m0/s1. The molecule has 198 valence electrons. The molecular formula is C24H37FN2O8. The fourth-order valence-electron chi connectivity index (χ4n) is 2.89. The first-order chi connectivity index (χ1) is 16.1. The van der Waals surface area contributed by atoms with E-state index < -0.39 is 47.8 Å². The summed E-state index contributed by atoms with van der Waals surface area (Å²) in [6, 6.07) is 1.75. The molecule has 2 N–H and O–H groups in total. The molecule has 1 aromatic rings. The van der Waals surface area contributed by atoms with Crippen molar-refractivity contribution in [3.05, 3.63) is 17.7 Å². The van der Waals surface area contributed by atoms with E-state index in [1.165, 1.54) is 21.3 Å². The van der Waals surface area contributed by atoms with Crippen molar-refractivity contribution < 1.29 is 42.5 Å². The van der Waals surface area contributed by atoms with Gasteiger partial charge in [-0.2, -0.15) is 0 Å². The Morgan fingerprint density at radius 2 is 1.40 bits per heavy atom. The van der Waals surface area contributed by atoms with Crippen molar-refractivity contribution in [3.8, 4) is 17.2 Å². The number of benzene rings is 1. The topological polar surface area (TPSA) is 121 Å². The van der Waals surface area contributed by atoms with Gasteiger partial charge in [-0.1, -0.05) is 0 Å². The Bertz CT molecular complexity index is 867. The highest BCUT2D eigenvalue weighted by Crippen LogP contribution is 2.34. The molecule has 35 heavy (non-hydrogen) atoms. The van der Waals surface area contributed by atoms with Gasteiger partial charge < -0.3 is 34.3 Å². The van der Waals surface area contributed by atoms with E-state index in [1.807, 2.05) is 0 Å². The molecule has 0 aromatic heterocycles. The predicted molar refractivity (Wildman–Crippen MR) is 126 cm³/mol. The third-order valence-electron chi connectivity index (χ3n) is 4.37. The Morgan fingerprint density at radius 3 is 1.83 bits per heavy atom. The van der Waals surface area contributed by atoms with Crippen LogP contribution in [-0.2, 0) is 25.6 Å². The van der Waals surface area contributed by atoms with Crippen LogP contribution in [0.1, 0.15) is 53.5 Å². The van der Waals surface area contributed by atoms with Gasteiger partial charge in [0.15, 0.2) is 6.17 Å². The maximum Gasteiger partial charge on any atom is 0.408 e. The van der Waals surface area contributed by atoms with Gasteiger partial charge >= 0.3 is 12.1 Å². The molecule has 0 fully saturated rings. The molecule has 0 saturated carbocycles. The second-order valence-corrected chi connectivity index (χ2v) is 9.66. The third-order valence-corrected chi connectivity index (χ3v) is 4.37. The van der Waals surface area contributed by atoms with Crippen LogP contribution in [0.5, 0.6) is 17.2 Å². The quantitative estimate of drug-likeness (QED) is 0.470. The van der Waals surface area contributed by atoms with Gasteiger partial charge in [-0.3, -0.25) is 4.79 Å². The summed E-state index contributed by atoms with van der Waals surface area (Å²) in [5.74, 6) is -0.669. The Morgan fingerprint density at radius 1 is 0.886 bits per heavy atom. The number of carbonyl (C=O) groups excluding carboxylic acids is 3. The second-order valence-electron chi connectivity index (χ2n) is 9.66. The number of rotatable bonds is 10. The monoisotopic (exact) mass is 500 g/mol. The number of alkyl halides is 1. The zero-order valence-corrected chi connectivity index (χ0v) is 21.9. The minimum Gasteiger partial charge on any atom is -0.496 e. The molecule has 0 saturated heterocycles. The summed E-state index contributed by atoms with van der Waals surface area (Å²) in [5.41, 5.74) is -1.27. The second kappa shape index (κ2) is 12.5. The lowest BCUT2D eigenvalue weighted by Crippen LogP contribution is -2.48. The Balaban J connectivity index is 2.97. The molecule has 0 spiro atoms. The van der Waals surface area contributed by atoms with Gasteiger partial charge in [-0.05, 0) is 41.5 Å². The Kier molecular flexibility index (Phi) is 10.6. The number of esters is 1. The van der Waals surface area contributed by atoms with Crippen LogP contribution < -0.4 is 24.8 Å². The first-order valence-corrected chi connectivity index (χ1v) is 11.0. The average molecular weight is 501 g/mol. The zero-order chi connectivity index (χ0) is 27.0. The van der Waals surface area contributed by atoms with Crippen LogP contribution in [0, 0.1) is 0 Å². The highest BCUT2D eigenvalue weighted by Gasteiger charge is 2.33. The maximum atomic E-state index is 14.9. The van der Waals surface area contributed by atoms with Crippen molar-refractivity contribution in [3.63, 3.8) is 0 Å². The molecule has 0 unspecified atom stereocenters. The summed E-state index contributed by atoms with van der Waals surface area (Å²) < 4.78 is 41.2. The molecule has 2 atom stereocenters. The smallest absolute Gasteiger partial charge is 0.408 e. The van der Waals surface area contributed by atoms with Gasteiger partial charge in [0.05, 0.1) is 33.4 Å². The number of amides is 2. The van der Waals surface area contributed by atoms with Crippen molar-refractivity contribution in [2.24, 2.45) is 0 Å². The third kappa shape index (κ3) is 10.3. The normalized spacial score (nSPS) is 13.2. The number of methoxy groups -OCH3 is 3. The minimum absolute atomic E-state index is 0.119. The molecular weight excluding hydrogens is 463 g/mol. The van der Waals surface area contributed by atoms with Crippen LogP contribution in [0.2, 0.25) is 0 Å². The molecule has 10 nitrogen and oxygen atoms in total. The SMILES string of the molecule is COc1cc(OC)c(CNC(=O)[C@@H](F)C[C@@H](NC(=O)OC(C)(C)C)C(=O)OC(C)(C)C)c(OC)c1. The largest absolute Gasteiger partial charge is 0.496 e. The van der Waals surface area contributed by atoms with Crippen molar-refractivity contribution in [1.29, 1.82) is 0 Å². The molecule has 0 aliphatic carbocycles. The maximum absolute atomic E-state index is 14.9. The first kappa shape index (κ1) is 29.8. The van der Waals surface area contributed by atoms with E-state index in [1.54, 1.807) is 53.7 Å². The van der Waals surface area contributed by atoms with E-state index in [4.69, 9.17) is 23.7 Å². The van der Waals surface area contributed by atoms with E-state index in [-0.39, 0.29) is 6.54 Å². The molecule has 11 heteroatoms. The number of nitrogens with one attached hydrogen (secondary N) is 2. The van der Waals surface area contributed by atoms with Crippen molar-refractivity contribution in [1.82, 2.24) is 10.6 Å². The molecule has 0 aliphatic rings. The van der Waals surface area contributed by atoms with Crippen LogP contribution in [0.25, 0.3) is 0 Å². The molecule has 1 rings (SSSR count). The first-order valence-electron chi connectivity index (χ1n) is 11.0. The highest BCUT2D eigenvalue weighted by atomic mass is 19.1. The number of ether oxygens (including phenoxy) is 5. The summed E-state index contributed by atoms with van der Waals surface area (Å²) in [6.45, 7) is 9.69. The average Bonchev–Trinajstić information content (AvgIpc) is 2.73. The van der Waals surface area contributed by atoms with E-state index in [0.29, 0.717) is 22.8 Å². The lowest BCUT2D eigenvalue weighted by atomic mass is 10.1. The molecule has 0 radical (unpaired) electrons. The van der Waals surface area contributed by atoms with E-state index >= 15 is 0 Å². The number of halogens is 1.